The molecule has 0 aromatic heterocycles. The third kappa shape index (κ3) is 3.54. The normalized spacial score (nSPS) is 11.3. The van der Waals surface area contributed by atoms with Crippen molar-refractivity contribution in [2.45, 2.75) is 21.6 Å². The van der Waals surface area contributed by atoms with Gasteiger partial charge in [-0.3, -0.25) is 11.7 Å². The van der Waals surface area contributed by atoms with Gasteiger partial charge in [-0.15, -0.1) is 23.2 Å². The fraction of sp³-hybridized carbons (Fsp3) is 0.143. The summed E-state index contributed by atoms with van der Waals surface area (Å²) in [7, 11) is -3.71. The van der Waals surface area contributed by atoms with Gasteiger partial charge >= 0.3 is 0 Å². The summed E-state index contributed by atoms with van der Waals surface area (Å²) in [5.74, 6) is 11.0. The average molecular weight is 375 g/mol. The predicted molar refractivity (Wildman–Crippen MR) is 93.1 cm³/mol. The fourth-order valence-electron chi connectivity index (χ4n) is 2.11. The summed E-state index contributed by atoms with van der Waals surface area (Å²) in [5.41, 5.74) is 7.28. The maximum atomic E-state index is 12.8. The number of halogens is 2. The Labute approximate surface area is 144 Å². The van der Waals surface area contributed by atoms with Crippen molar-refractivity contribution in [2.75, 3.05) is 10.9 Å². The first-order valence-corrected chi connectivity index (χ1v) is 9.09. The van der Waals surface area contributed by atoms with Crippen LogP contribution in [0.3, 0.4) is 0 Å². The van der Waals surface area contributed by atoms with Gasteiger partial charge in [-0.1, -0.05) is 0 Å². The van der Waals surface area contributed by atoms with Crippen molar-refractivity contribution in [3.63, 3.8) is 0 Å². The molecule has 0 heterocycles. The van der Waals surface area contributed by atoms with Crippen molar-refractivity contribution >= 4 is 44.4 Å². The first kappa shape index (κ1) is 17.8. The minimum absolute atomic E-state index is 0.126. The second-order valence-electron chi connectivity index (χ2n) is 4.70. The van der Waals surface area contributed by atoms with Crippen LogP contribution < -0.4 is 22.5 Å². The minimum atomic E-state index is -3.71. The standard InChI is InChI=1S/C14H16Cl2N4O2S/c15-7-9-5-11(1-3-13(9)19-17)23(21,22)12-2-4-14(20-18)10(6-12)8-16/h1-6,19-20H,7-8,17-18H2. The number of hydrogen-bond acceptors (Lipinski definition) is 6. The van der Waals surface area contributed by atoms with Gasteiger partial charge in [0.1, 0.15) is 0 Å². The van der Waals surface area contributed by atoms with Crippen LogP contribution in [0.15, 0.2) is 46.2 Å². The summed E-state index contributed by atoms with van der Waals surface area (Å²) in [5, 5.41) is 0. The van der Waals surface area contributed by atoms with Crippen molar-refractivity contribution in [1.82, 2.24) is 0 Å². The highest BCUT2D eigenvalue weighted by Crippen LogP contribution is 2.29. The molecule has 0 spiro atoms. The maximum absolute atomic E-state index is 12.8. The summed E-state index contributed by atoms with van der Waals surface area (Å²) in [4.78, 5) is 0.252. The summed E-state index contributed by atoms with van der Waals surface area (Å²) in [6.07, 6.45) is 0. The van der Waals surface area contributed by atoms with Gasteiger partial charge < -0.3 is 10.9 Å². The Hall–Kier alpha value is -1.51. The topological polar surface area (TPSA) is 110 Å². The molecule has 0 aliphatic rings. The van der Waals surface area contributed by atoms with E-state index in [0.29, 0.717) is 22.5 Å². The Bertz CT molecular complexity index is 751. The quantitative estimate of drug-likeness (QED) is 0.351. The zero-order valence-electron chi connectivity index (χ0n) is 12.0. The van der Waals surface area contributed by atoms with Gasteiger partial charge in [-0.05, 0) is 47.5 Å². The number of anilines is 2. The van der Waals surface area contributed by atoms with Crippen molar-refractivity contribution in [3.05, 3.63) is 47.5 Å². The number of rotatable bonds is 6. The van der Waals surface area contributed by atoms with Gasteiger partial charge in [-0.25, -0.2) is 8.42 Å². The van der Waals surface area contributed by atoms with Gasteiger partial charge in [0, 0.05) is 11.8 Å². The summed E-state index contributed by atoms with van der Waals surface area (Å²) in [6.45, 7) is 0. The highest BCUT2D eigenvalue weighted by molar-refractivity contribution is 7.91. The Morgan fingerprint density at radius 2 is 1.22 bits per heavy atom. The van der Waals surface area contributed by atoms with E-state index in [9.17, 15) is 8.42 Å². The van der Waals surface area contributed by atoms with E-state index in [2.05, 4.69) is 10.9 Å². The summed E-state index contributed by atoms with van der Waals surface area (Å²) >= 11 is 11.7. The van der Waals surface area contributed by atoms with Crippen molar-refractivity contribution < 1.29 is 8.42 Å². The summed E-state index contributed by atoms with van der Waals surface area (Å²) in [6, 6.07) is 9.07. The molecule has 0 radical (unpaired) electrons. The molecule has 0 saturated carbocycles. The SMILES string of the molecule is NNc1ccc(S(=O)(=O)c2ccc(NN)c(CCl)c2)cc1CCl. The lowest BCUT2D eigenvalue weighted by Crippen LogP contribution is -2.11. The van der Waals surface area contributed by atoms with Gasteiger partial charge in [0.05, 0.1) is 21.2 Å². The lowest BCUT2D eigenvalue weighted by molar-refractivity contribution is 0.596. The Morgan fingerprint density at radius 3 is 1.52 bits per heavy atom. The number of nitrogens with one attached hydrogen (secondary N) is 2. The zero-order valence-corrected chi connectivity index (χ0v) is 14.3. The number of nitrogen functional groups attached to an aromatic ring is 2. The molecular weight excluding hydrogens is 359 g/mol. The van der Waals surface area contributed by atoms with E-state index >= 15 is 0 Å². The average Bonchev–Trinajstić information content (AvgIpc) is 2.60. The number of alkyl halides is 2. The van der Waals surface area contributed by atoms with Crippen LogP contribution in [0.2, 0.25) is 0 Å². The van der Waals surface area contributed by atoms with Gasteiger partial charge in [0.15, 0.2) is 0 Å². The van der Waals surface area contributed by atoms with E-state index in [1.165, 1.54) is 24.3 Å². The highest BCUT2D eigenvalue weighted by atomic mass is 35.5. The molecule has 0 fully saturated rings. The molecule has 2 aromatic rings. The Morgan fingerprint density at radius 1 is 0.826 bits per heavy atom. The lowest BCUT2D eigenvalue weighted by atomic mass is 10.2. The monoisotopic (exact) mass is 374 g/mol. The van der Waals surface area contributed by atoms with Crippen LogP contribution in [0.5, 0.6) is 0 Å². The lowest BCUT2D eigenvalue weighted by Gasteiger charge is -2.12. The maximum Gasteiger partial charge on any atom is 0.206 e. The minimum Gasteiger partial charge on any atom is -0.324 e. The molecule has 0 unspecified atom stereocenters. The molecule has 0 saturated heterocycles. The number of nitrogens with two attached hydrogens (primary N) is 2. The molecule has 23 heavy (non-hydrogen) atoms. The van der Waals surface area contributed by atoms with Crippen LogP contribution in [0.4, 0.5) is 11.4 Å². The molecule has 6 N–H and O–H groups in total. The predicted octanol–water partition coefficient (Wildman–Crippen LogP) is 2.57. The zero-order chi connectivity index (χ0) is 17.0. The van der Waals surface area contributed by atoms with E-state index in [-0.39, 0.29) is 21.6 Å². The van der Waals surface area contributed by atoms with Crippen molar-refractivity contribution in [1.29, 1.82) is 0 Å². The van der Waals surface area contributed by atoms with Crippen LogP contribution in [-0.4, -0.2) is 8.42 Å². The molecule has 2 aromatic carbocycles. The van der Waals surface area contributed by atoms with Gasteiger partial charge in [0.25, 0.3) is 0 Å². The molecule has 0 aliphatic heterocycles. The third-order valence-electron chi connectivity index (χ3n) is 3.37. The van der Waals surface area contributed by atoms with Crippen LogP contribution in [0.1, 0.15) is 11.1 Å². The molecule has 9 heteroatoms. The number of hydrazine groups is 2. The third-order valence-corrected chi connectivity index (χ3v) is 5.70. The van der Waals surface area contributed by atoms with Gasteiger partial charge in [0.2, 0.25) is 9.84 Å². The molecule has 0 aliphatic carbocycles. The van der Waals surface area contributed by atoms with Crippen LogP contribution in [0, 0.1) is 0 Å². The number of hydrogen-bond donors (Lipinski definition) is 4. The molecule has 0 amide bonds. The fourth-order valence-corrected chi connectivity index (χ4v) is 3.92. The molecule has 6 nitrogen and oxygen atoms in total. The largest absolute Gasteiger partial charge is 0.324 e. The molecule has 124 valence electrons. The first-order valence-electron chi connectivity index (χ1n) is 6.54. The number of sulfone groups is 1. The second-order valence-corrected chi connectivity index (χ2v) is 7.18. The van der Waals surface area contributed by atoms with Crippen molar-refractivity contribution in [2.24, 2.45) is 11.7 Å². The molecular formula is C14H16Cl2N4O2S. The van der Waals surface area contributed by atoms with Gasteiger partial charge in [-0.2, -0.15) is 0 Å². The highest BCUT2D eigenvalue weighted by Gasteiger charge is 2.20. The number of benzene rings is 2. The van der Waals surface area contributed by atoms with Crippen LogP contribution in [0.25, 0.3) is 0 Å². The Kier molecular flexibility index (Phi) is 5.72. The Balaban J connectivity index is 2.54. The smallest absolute Gasteiger partial charge is 0.206 e. The molecule has 0 bridgehead atoms. The molecule has 2 rings (SSSR count). The van der Waals surface area contributed by atoms with E-state index in [4.69, 9.17) is 34.9 Å². The van der Waals surface area contributed by atoms with E-state index in [0.717, 1.165) is 0 Å². The van der Waals surface area contributed by atoms with Crippen molar-refractivity contribution in [3.8, 4) is 0 Å². The summed E-state index contributed by atoms with van der Waals surface area (Å²) < 4.78 is 25.6. The second kappa shape index (κ2) is 7.37. The van der Waals surface area contributed by atoms with E-state index in [1.807, 2.05) is 0 Å². The van der Waals surface area contributed by atoms with E-state index < -0.39 is 9.84 Å². The van der Waals surface area contributed by atoms with E-state index in [1.54, 1.807) is 12.1 Å². The molecule has 0 atom stereocenters. The first-order chi connectivity index (χ1) is 11.0. The van der Waals surface area contributed by atoms with Crippen LogP contribution >= 0.6 is 23.2 Å². The van der Waals surface area contributed by atoms with Crippen LogP contribution in [-0.2, 0) is 21.6 Å².